The van der Waals surface area contributed by atoms with E-state index in [-0.39, 0.29) is 0 Å². The van der Waals surface area contributed by atoms with Crippen molar-refractivity contribution in [3.05, 3.63) is 102 Å². The highest BCUT2D eigenvalue weighted by Gasteiger charge is 2.07. The molecule has 0 N–H and O–H groups in total. The maximum Gasteiger partial charge on any atom is 0.126 e. The maximum atomic E-state index is 5.90. The van der Waals surface area contributed by atoms with E-state index < -0.39 is 0 Å². The molecule has 0 spiro atoms. The average Bonchev–Trinajstić information content (AvgIpc) is 2.73. The molecule has 0 atom stereocenters. The Morgan fingerprint density at radius 1 is 0.857 bits per heavy atom. The molecule has 2 nitrogen and oxygen atoms in total. The summed E-state index contributed by atoms with van der Waals surface area (Å²) in [5.74, 6) is 1.34. The lowest BCUT2D eigenvalue weighted by Gasteiger charge is -2.09. The Kier molecular flexibility index (Phi) is 7.10. The molecule has 0 fully saturated rings. The minimum absolute atomic E-state index is 0.512. The molecule has 0 aliphatic rings. The van der Waals surface area contributed by atoms with Crippen LogP contribution in [-0.2, 0) is 0 Å². The maximum absolute atomic E-state index is 5.90. The Morgan fingerprint density at radius 2 is 1.46 bits per heavy atom. The van der Waals surface area contributed by atoms with Crippen molar-refractivity contribution in [2.75, 3.05) is 0 Å². The van der Waals surface area contributed by atoms with Crippen LogP contribution in [-0.4, -0.2) is 5.04 Å². The number of benzene rings is 3. The van der Waals surface area contributed by atoms with Gasteiger partial charge in [-0.15, -0.1) is 0 Å². The first-order chi connectivity index (χ1) is 13.6. The first-order valence-electron chi connectivity index (χ1n) is 9.42. The van der Waals surface area contributed by atoms with E-state index in [2.05, 4.69) is 38.1 Å². The van der Waals surface area contributed by atoms with E-state index >= 15 is 0 Å². The van der Waals surface area contributed by atoms with Gasteiger partial charge in [0.05, 0.1) is 11.9 Å². The smallest absolute Gasteiger partial charge is 0.126 e. The summed E-state index contributed by atoms with van der Waals surface area (Å²) >= 11 is 1.63. The average molecular weight is 388 g/mol. The van der Waals surface area contributed by atoms with Crippen molar-refractivity contribution in [1.29, 1.82) is 0 Å². The lowest BCUT2D eigenvalue weighted by atomic mass is 10.0. The predicted molar refractivity (Wildman–Crippen MR) is 121 cm³/mol. The summed E-state index contributed by atoms with van der Waals surface area (Å²) in [5, 5.41) is 0.913. The van der Waals surface area contributed by atoms with Gasteiger partial charge in [0.15, 0.2) is 0 Å². The number of aliphatic imine (C=N–C) groups is 1. The molecule has 142 valence electrons. The van der Waals surface area contributed by atoms with Crippen molar-refractivity contribution < 1.29 is 4.74 Å². The van der Waals surface area contributed by atoms with Crippen molar-refractivity contribution in [3.8, 4) is 5.75 Å². The second-order valence-electron chi connectivity index (χ2n) is 6.81. The van der Waals surface area contributed by atoms with E-state index in [1.165, 1.54) is 5.56 Å². The van der Waals surface area contributed by atoms with Gasteiger partial charge in [-0.1, -0.05) is 74.1 Å². The van der Waals surface area contributed by atoms with Gasteiger partial charge >= 0.3 is 0 Å². The van der Waals surface area contributed by atoms with Crippen LogP contribution >= 0.6 is 11.8 Å². The number of ether oxygens (including phenoxy) is 1. The Balaban J connectivity index is 1.82. The molecule has 3 rings (SSSR count). The van der Waals surface area contributed by atoms with Gasteiger partial charge in [0.25, 0.3) is 0 Å². The van der Waals surface area contributed by atoms with Crippen molar-refractivity contribution in [2.45, 2.75) is 31.6 Å². The van der Waals surface area contributed by atoms with Crippen LogP contribution in [0.1, 0.15) is 32.3 Å². The Morgan fingerprint density at radius 3 is 2.07 bits per heavy atom. The van der Waals surface area contributed by atoms with E-state index in [0.717, 1.165) is 26.9 Å². The summed E-state index contributed by atoms with van der Waals surface area (Å²) in [6.07, 6.45) is 1.78. The second kappa shape index (κ2) is 9.95. The van der Waals surface area contributed by atoms with Crippen LogP contribution in [0, 0.1) is 0 Å². The molecule has 0 unspecified atom stereocenters. The van der Waals surface area contributed by atoms with Gasteiger partial charge in [-0.05, 0) is 54.8 Å². The fourth-order valence-electron chi connectivity index (χ4n) is 2.55. The van der Waals surface area contributed by atoms with Crippen molar-refractivity contribution in [2.24, 2.45) is 4.99 Å². The molecule has 28 heavy (non-hydrogen) atoms. The molecular formula is C25H25NOS. The standard InChI is InChI=1S/C25H25NOS/c1-19(2)21-14-16-23(17-15-21)27-18-20(3)25(26-22-10-6-4-7-11-22)28-24-12-8-5-9-13-24/h4-19H,1-3H3/b20-18+,26-25?. The Hall–Kier alpha value is -2.78. The van der Waals surface area contributed by atoms with Crippen molar-refractivity contribution >= 4 is 22.5 Å². The zero-order valence-electron chi connectivity index (χ0n) is 16.5. The van der Waals surface area contributed by atoms with Crippen LogP contribution in [0.15, 0.2) is 107 Å². The third-order valence-corrected chi connectivity index (χ3v) is 5.31. The third-order valence-electron chi connectivity index (χ3n) is 4.20. The molecule has 0 bridgehead atoms. The summed E-state index contributed by atoms with van der Waals surface area (Å²) in [5.41, 5.74) is 3.21. The number of thioether (sulfide) groups is 1. The Labute approximate surface area is 172 Å². The molecule has 0 heterocycles. The SMILES string of the molecule is C/C(=C\Oc1ccc(C(C)C)cc1)C(=Nc1ccccc1)Sc1ccccc1. The molecule has 0 saturated carbocycles. The van der Waals surface area contributed by atoms with Crippen LogP contribution in [0.4, 0.5) is 5.69 Å². The number of hydrogen-bond donors (Lipinski definition) is 0. The number of hydrogen-bond acceptors (Lipinski definition) is 3. The molecular weight excluding hydrogens is 362 g/mol. The molecule has 0 aliphatic carbocycles. The van der Waals surface area contributed by atoms with Gasteiger partial charge in [-0.3, -0.25) is 0 Å². The Bertz CT molecular complexity index is 929. The normalized spacial score (nSPS) is 12.3. The van der Waals surface area contributed by atoms with E-state index in [4.69, 9.17) is 9.73 Å². The largest absolute Gasteiger partial charge is 0.465 e. The third kappa shape index (κ3) is 5.86. The molecule has 0 saturated heterocycles. The van der Waals surface area contributed by atoms with E-state index in [1.54, 1.807) is 18.0 Å². The lowest BCUT2D eigenvalue weighted by Crippen LogP contribution is -1.97. The quantitative estimate of drug-likeness (QED) is 0.188. The van der Waals surface area contributed by atoms with Gasteiger partial charge in [0, 0.05) is 10.5 Å². The van der Waals surface area contributed by atoms with Gasteiger partial charge in [-0.25, -0.2) is 4.99 Å². The van der Waals surface area contributed by atoms with Crippen LogP contribution in [0.3, 0.4) is 0 Å². The highest BCUT2D eigenvalue weighted by atomic mass is 32.2. The van der Waals surface area contributed by atoms with Gasteiger partial charge in [-0.2, -0.15) is 0 Å². The summed E-state index contributed by atoms with van der Waals surface area (Å²) < 4.78 is 5.90. The number of nitrogens with zero attached hydrogens (tertiary/aromatic N) is 1. The van der Waals surface area contributed by atoms with Crippen LogP contribution in [0.2, 0.25) is 0 Å². The summed E-state index contributed by atoms with van der Waals surface area (Å²) in [6, 6.07) is 28.5. The molecule has 0 radical (unpaired) electrons. The summed E-state index contributed by atoms with van der Waals surface area (Å²) in [4.78, 5) is 5.98. The van der Waals surface area contributed by atoms with E-state index in [0.29, 0.717) is 5.92 Å². The molecule has 0 aromatic heterocycles. The molecule has 0 aliphatic heterocycles. The monoisotopic (exact) mass is 387 g/mol. The fraction of sp³-hybridized carbons (Fsp3) is 0.160. The predicted octanol–water partition coefficient (Wildman–Crippen LogP) is 7.62. The topological polar surface area (TPSA) is 21.6 Å². The second-order valence-corrected chi connectivity index (χ2v) is 7.87. The van der Waals surface area contributed by atoms with E-state index in [1.807, 2.05) is 67.6 Å². The summed E-state index contributed by atoms with van der Waals surface area (Å²) in [6.45, 7) is 6.40. The van der Waals surface area contributed by atoms with Crippen LogP contribution in [0.25, 0.3) is 0 Å². The van der Waals surface area contributed by atoms with Gasteiger partial charge in [0.1, 0.15) is 10.8 Å². The van der Waals surface area contributed by atoms with Crippen LogP contribution < -0.4 is 4.74 Å². The molecule has 3 aromatic carbocycles. The van der Waals surface area contributed by atoms with Gasteiger partial charge < -0.3 is 4.74 Å². The molecule has 0 amide bonds. The molecule has 3 heteroatoms. The summed E-state index contributed by atoms with van der Waals surface area (Å²) in [7, 11) is 0. The number of rotatable bonds is 6. The minimum Gasteiger partial charge on any atom is -0.465 e. The first kappa shape index (κ1) is 20.0. The molecule has 3 aromatic rings. The zero-order valence-corrected chi connectivity index (χ0v) is 17.3. The van der Waals surface area contributed by atoms with Crippen molar-refractivity contribution in [1.82, 2.24) is 0 Å². The lowest BCUT2D eigenvalue weighted by molar-refractivity contribution is 0.478. The fourth-order valence-corrected chi connectivity index (χ4v) is 3.43. The highest BCUT2D eigenvalue weighted by Crippen LogP contribution is 2.27. The first-order valence-corrected chi connectivity index (χ1v) is 10.2. The number of para-hydroxylation sites is 1. The van der Waals surface area contributed by atoms with Crippen LogP contribution in [0.5, 0.6) is 5.75 Å². The van der Waals surface area contributed by atoms with Gasteiger partial charge in [0.2, 0.25) is 0 Å². The highest BCUT2D eigenvalue weighted by molar-refractivity contribution is 8.14. The van der Waals surface area contributed by atoms with Crippen molar-refractivity contribution in [3.63, 3.8) is 0 Å². The minimum atomic E-state index is 0.512. The zero-order chi connectivity index (χ0) is 19.8. The van der Waals surface area contributed by atoms with E-state index in [9.17, 15) is 0 Å².